The fraction of sp³-hybridized carbons (Fsp3) is 0.286. The Morgan fingerprint density at radius 3 is 2.53 bits per heavy atom. The Morgan fingerprint density at radius 2 is 1.80 bits per heavy atom. The van der Waals surface area contributed by atoms with E-state index in [0.29, 0.717) is 12.4 Å². The molecule has 0 unspecified atom stereocenters. The van der Waals surface area contributed by atoms with Crippen LogP contribution < -0.4 is 4.90 Å². The Hall–Kier alpha value is -2.64. The van der Waals surface area contributed by atoms with Gasteiger partial charge in [-0.3, -0.25) is 14.4 Å². The minimum Gasteiger partial charge on any atom is -0.353 e. The lowest BCUT2D eigenvalue weighted by atomic mass is 10.2. The second-order valence-electron chi connectivity index (χ2n) is 7.26. The van der Waals surface area contributed by atoms with Crippen LogP contribution in [0.3, 0.4) is 0 Å². The van der Waals surface area contributed by atoms with Gasteiger partial charge in [0.05, 0.1) is 11.7 Å². The minimum absolute atomic E-state index is 0.104. The van der Waals surface area contributed by atoms with Crippen LogP contribution in [0.25, 0.3) is 23.1 Å². The van der Waals surface area contributed by atoms with Gasteiger partial charge >= 0.3 is 7.60 Å². The van der Waals surface area contributed by atoms with Crippen LogP contribution in [0.1, 0.15) is 11.4 Å². The monoisotopic (exact) mass is 425 g/mol. The van der Waals surface area contributed by atoms with Gasteiger partial charge in [0.25, 0.3) is 0 Å². The Kier molecular flexibility index (Phi) is 6.20. The van der Waals surface area contributed by atoms with Crippen molar-refractivity contribution in [2.45, 2.75) is 0 Å². The van der Waals surface area contributed by atoms with Gasteiger partial charge in [-0.2, -0.15) is 0 Å². The van der Waals surface area contributed by atoms with Crippen LogP contribution in [-0.4, -0.2) is 68.5 Å². The van der Waals surface area contributed by atoms with E-state index in [9.17, 15) is 4.57 Å². The second kappa shape index (κ2) is 9.02. The number of benzene rings is 1. The van der Waals surface area contributed by atoms with Gasteiger partial charge in [-0.15, -0.1) is 0 Å². The number of aromatic nitrogens is 3. The summed E-state index contributed by atoms with van der Waals surface area (Å²) in [7, 11) is -3.97. The van der Waals surface area contributed by atoms with Gasteiger partial charge in [0.2, 0.25) is 0 Å². The molecule has 0 aliphatic carbocycles. The third-order valence-corrected chi connectivity index (χ3v) is 5.87. The van der Waals surface area contributed by atoms with Gasteiger partial charge in [0.15, 0.2) is 5.82 Å². The molecule has 0 radical (unpaired) electrons. The summed E-state index contributed by atoms with van der Waals surface area (Å²) < 4.78 is 11.1. The van der Waals surface area contributed by atoms with Crippen molar-refractivity contribution in [3.05, 3.63) is 60.2 Å². The maximum absolute atomic E-state index is 11.1. The summed E-state index contributed by atoms with van der Waals surface area (Å²) in [5, 5.41) is 1.000. The van der Waals surface area contributed by atoms with E-state index >= 15 is 0 Å². The van der Waals surface area contributed by atoms with Crippen LogP contribution in [0.4, 0.5) is 5.82 Å². The van der Waals surface area contributed by atoms with E-state index in [1.807, 2.05) is 48.6 Å². The molecule has 0 spiro atoms. The molecule has 4 rings (SSSR count). The smallest absolute Gasteiger partial charge is 0.326 e. The summed E-state index contributed by atoms with van der Waals surface area (Å²) in [5.74, 6) is 1.53. The Labute approximate surface area is 175 Å². The molecule has 8 nitrogen and oxygen atoms in total. The van der Waals surface area contributed by atoms with Crippen LogP contribution in [-0.2, 0) is 4.57 Å². The van der Waals surface area contributed by atoms with Crippen molar-refractivity contribution in [2.75, 3.05) is 43.8 Å². The van der Waals surface area contributed by atoms with Crippen molar-refractivity contribution in [2.24, 2.45) is 0 Å². The van der Waals surface area contributed by atoms with Crippen molar-refractivity contribution < 1.29 is 14.4 Å². The van der Waals surface area contributed by atoms with E-state index in [1.165, 1.54) is 0 Å². The molecule has 1 aliphatic rings. The zero-order valence-corrected chi connectivity index (χ0v) is 17.4. The SMILES string of the molecule is O=P(O)(O)CCN1CCN(c2nc(/C=C/c3cccnc3)nc3ccccc23)CC1. The minimum atomic E-state index is -3.97. The summed E-state index contributed by atoms with van der Waals surface area (Å²) in [6, 6.07) is 11.8. The highest BCUT2D eigenvalue weighted by atomic mass is 31.2. The molecule has 3 heterocycles. The normalized spacial score (nSPS) is 15.9. The molecule has 0 amide bonds. The molecule has 30 heavy (non-hydrogen) atoms. The molecule has 3 aromatic rings. The van der Waals surface area contributed by atoms with Gasteiger partial charge in [-0.25, -0.2) is 9.97 Å². The van der Waals surface area contributed by atoms with Gasteiger partial charge in [-0.1, -0.05) is 18.2 Å². The van der Waals surface area contributed by atoms with Crippen LogP contribution >= 0.6 is 7.60 Å². The third-order valence-electron chi connectivity index (χ3n) is 5.09. The molecule has 156 valence electrons. The quantitative estimate of drug-likeness (QED) is 0.581. The molecule has 2 N–H and O–H groups in total. The molecular formula is C21H24N5O3P. The maximum atomic E-state index is 11.1. The van der Waals surface area contributed by atoms with Crippen molar-refractivity contribution in [3.8, 4) is 0 Å². The number of piperazine rings is 1. The predicted molar refractivity (Wildman–Crippen MR) is 118 cm³/mol. The van der Waals surface area contributed by atoms with Crippen LogP contribution in [0.5, 0.6) is 0 Å². The molecule has 0 atom stereocenters. The average molecular weight is 425 g/mol. The molecule has 1 aromatic carbocycles. The van der Waals surface area contributed by atoms with Gasteiger partial charge < -0.3 is 14.7 Å². The molecule has 1 saturated heterocycles. The van der Waals surface area contributed by atoms with Gasteiger partial charge in [0.1, 0.15) is 5.82 Å². The lowest BCUT2D eigenvalue weighted by Crippen LogP contribution is -2.47. The fourth-order valence-electron chi connectivity index (χ4n) is 3.49. The summed E-state index contributed by atoms with van der Waals surface area (Å²) in [5.41, 5.74) is 1.87. The first-order valence-electron chi connectivity index (χ1n) is 9.85. The van der Waals surface area contributed by atoms with Gasteiger partial charge in [-0.05, 0) is 35.9 Å². The number of hydrogen-bond donors (Lipinski definition) is 2. The first-order valence-corrected chi connectivity index (χ1v) is 11.6. The van der Waals surface area contributed by atoms with E-state index in [2.05, 4.69) is 19.8 Å². The van der Waals surface area contributed by atoms with Crippen LogP contribution in [0, 0.1) is 0 Å². The van der Waals surface area contributed by atoms with E-state index in [0.717, 1.165) is 48.5 Å². The molecule has 1 aliphatic heterocycles. The summed E-state index contributed by atoms with van der Waals surface area (Å²) in [4.78, 5) is 36.1. The van der Waals surface area contributed by atoms with Gasteiger partial charge in [0, 0.05) is 50.5 Å². The summed E-state index contributed by atoms with van der Waals surface area (Å²) in [6.07, 6.45) is 7.26. The Bertz CT molecular complexity index is 1080. The lowest BCUT2D eigenvalue weighted by molar-refractivity contribution is 0.264. The van der Waals surface area contributed by atoms with E-state index < -0.39 is 7.60 Å². The number of hydrogen-bond acceptors (Lipinski definition) is 6. The van der Waals surface area contributed by atoms with Crippen LogP contribution in [0.2, 0.25) is 0 Å². The molecule has 0 saturated carbocycles. The highest BCUT2D eigenvalue weighted by Crippen LogP contribution is 2.34. The fourth-order valence-corrected chi connectivity index (χ4v) is 4.04. The number of para-hydroxylation sites is 1. The number of anilines is 1. The van der Waals surface area contributed by atoms with E-state index in [1.54, 1.807) is 12.4 Å². The van der Waals surface area contributed by atoms with E-state index in [4.69, 9.17) is 14.8 Å². The van der Waals surface area contributed by atoms with Crippen LogP contribution in [0.15, 0.2) is 48.8 Å². The number of nitrogens with zero attached hydrogens (tertiary/aromatic N) is 5. The Morgan fingerprint density at radius 1 is 1.00 bits per heavy atom. The molecular weight excluding hydrogens is 401 g/mol. The highest BCUT2D eigenvalue weighted by molar-refractivity contribution is 7.51. The molecule has 2 aromatic heterocycles. The molecule has 9 heteroatoms. The van der Waals surface area contributed by atoms with Crippen molar-refractivity contribution in [3.63, 3.8) is 0 Å². The third kappa shape index (κ3) is 5.29. The van der Waals surface area contributed by atoms with E-state index in [-0.39, 0.29) is 6.16 Å². The topological polar surface area (TPSA) is 103 Å². The predicted octanol–water partition coefficient (Wildman–Crippen LogP) is 2.49. The standard InChI is InChI=1S/C21H24N5O3P/c27-30(28,29)15-14-25-10-12-26(13-11-25)21-18-5-1-2-6-19(18)23-20(24-21)8-7-17-4-3-9-22-16-17/h1-9,16H,10-15H2,(H2,27,28,29)/b8-7+. The first-order chi connectivity index (χ1) is 14.5. The number of rotatable bonds is 6. The highest BCUT2D eigenvalue weighted by Gasteiger charge is 2.22. The van der Waals surface area contributed by atoms with Crippen molar-refractivity contribution >= 4 is 36.5 Å². The van der Waals surface area contributed by atoms with Crippen molar-refractivity contribution in [1.82, 2.24) is 19.9 Å². The van der Waals surface area contributed by atoms with Crippen molar-refractivity contribution in [1.29, 1.82) is 0 Å². The average Bonchev–Trinajstić information content (AvgIpc) is 2.76. The largest absolute Gasteiger partial charge is 0.353 e. The molecule has 0 bridgehead atoms. The zero-order chi connectivity index (χ0) is 21.0. The maximum Gasteiger partial charge on any atom is 0.326 e. The zero-order valence-electron chi connectivity index (χ0n) is 16.5. The lowest BCUT2D eigenvalue weighted by Gasteiger charge is -2.35. The Balaban J connectivity index is 1.55. The summed E-state index contributed by atoms with van der Waals surface area (Å²) >= 11 is 0. The number of fused-ring (bicyclic) bond motifs is 1. The summed E-state index contributed by atoms with van der Waals surface area (Å²) in [6.45, 7) is 3.36. The first kappa shape index (κ1) is 20.6. The number of pyridine rings is 1. The second-order valence-corrected chi connectivity index (χ2v) is 9.04. The molecule has 1 fully saturated rings.